The summed E-state index contributed by atoms with van der Waals surface area (Å²) in [4.78, 5) is 22.8. The van der Waals surface area contributed by atoms with Gasteiger partial charge in [-0.05, 0) is 19.8 Å². The van der Waals surface area contributed by atoms with Gasteiger partial charge < -0.3 is 4.42 Å². The Labute approximate surface area is 94.9 Å². The fourth-order valence-electron chi connectivity index (χ4n) is 1.71. The molecule has 0 aliphatic carbocycles. The van der Waals surface area contributed by atoms with Gasteiger partial charge >= 0.3 is 11.4 Å². The van der Waals surface area contributed by atoms with Crippen molar-refractivity contribution < 1.29 is 4.42 Å². The van der Waals surface area contributed by atoms with E-state index in [0.717, 1.165) is 12.8 Å². The maximum absolute atomic E-state index is 11.6. The molecule has 16 heavy (non-hydrogen) atoms. The number of hydrogen-bond acceptors (Lipinski definition) is 3. The molecule has 1 aromatic rings. The minimum absolute atomic E-state index is 0.448. The average Bonchev–Trinajstić information content (AvgIpc) is 2.27. The fourth-order valence-corrected chi connectivity index (χ4v) is 1.71. The molecule has 0 spiro atoms. The summed E-state index contributed by atoms with van der Waals surface area (Å²) in [5, 5.41) is 0. The molecule has 0 aliphatic heterocycles. The van der Waals surface area contributed by atoms with Crippen LogP contribution in [0.4, 0.5) is 0 Å². The predicted molar refractivity (Wildman–Crippen MR) is 62.8 cm³/mol. The third-order valence-electron chi connectivity index (χ3n) is 3.25. The SMILES string of the molecule is CCC(CC)Cn1c(C)c(C)c(=O)oc1=O. The van der Waals surface area contributed by atoms with Crippen LogP contribution in [0.3, 0.4) is 0 Å². The van der Waals surface area contributed by atoms with Crippen LogP contribution in [-0.2, 0) is 6.54 Å². The van der Waals surface area contributed by atoms with Gasteiger partial charge in [0.15, 0.2) is 0 Å². The molecule has 4 heteroatoms. The van der Waals surface area contributed by atoms with Crippen molar-refractivity contribution in [1.29, 1.82) is 0 Å². The van der Waals surface area contributed by atoms with Crippen molar-refractivity contribution in [3.05, 3.63) is 32.2 Å². The second-order valence-electron chi connectivity index (χ2n) is 4.16. The van der Waals surface area contributed by atoms with Crippen molar-refractivity contribution in [3.63, 3.8) is 0 Å². The van der Waals surface area contributed by atoms with Crippen LogP contribution in [0.2, 0.25) is 0 Å². The average molecular weight is 225 g/mol. The number of aromatic nitrogens is 1. The van der Waals surface area contributed by atoms with Crippen LogP contribution in [0.15, 0.2) is 14.0 Å². The van der Waals surface area contributed by atoms with E-state index in [2.05, 4.69) is 18.3 Å². The van der Waals surface area contributed by atoms with Crippen LogP contribution in [0.1, 0.15) is 37.9 Å². The molecule has 0 aromatic carbocycles. The van der Waals surface area contributed by atoms with E-state index in [9.17, 15) is 9.59 Å². The lowest BCUT2D eigenvalue weighted by Crippen LogP contribution is -2.30. The van der Waals surface area contributed by atoms with Gasteiger partial charge in [-0.1, -0.05) is 26.7 Å². The van der Waals surface area contributed by atoms with Gasteiger partial charge in [-0.25, -0.2) is 9.59 Å². The Morgan fingerprint density at radius 1 is 1.19 bits per heavy atom. The molecule has 0 saturated heterocycles. The Balaban J connectivity index is 3.19. The fraction of sp³-hybridized carbons (Fsp3) is 0.667. The van der Waals surface area contributed by atoms with E-state index in [1.807, 2.05) is 0 Å². The molecule has 1 heterocycles. The number of rotatable bonds is 4. The van der Waals surface area contributed by atoms with Gasteiger partial charge in [0.2, 0.25) is 0 Å². The molecule has 1 aromatic heterocycles. The maximum atomic E-state index is 11.6. The standard InChI is InChI=1S/C12H19NO3/c1-5-10(6-2)7-13-9(4)8(3)11(14)16-12(13)15/h10H,5-7H2,1-4H3. The second kappa shape index (κ2) is 5.14. The van der Waals surface area contributed by atoms with Crippen molar-refractivity contribution in [2.75, 3.05) is 0 Å². The van der Waals surface area contributed by atoms with Crippen molar-refractivity contribution in [1.82, 2.24) is 4.57 Å². The highest BCUT2D eigenvalue weighted by Gasteiger charge is 2.12. The molecule has 0 unspecified atom stereocenters. The zero-order chi connectivity index (χ0) is 12.3. The Morgan fingerprint density at radius 3 is 2.25 bits per heavy atom. The van der Waals surface area contributed by atoms with Crippen LogP contribution in [0, 0.1) is 19.8 Å². The first-order chi connectivity index (χ1) is 7.51. The van der Waals surface area contributed by atoms with E-state index in [1.54, 1.807) is 18.4 Å². The quantitative estimate of drug-likeness (QED) is 0.785. The summed E-state index contributed by atoms with van der Waals surface area (Å²) >= 11 is 0. The van der Waals surface area contributed by atoms with Crippen molar-refractivity contribution >= 4 is 0 Å². The topological polar surface area (TPSA) is 52.2 Å². The summed E-state index contributed by atoms with van der Waals surface area (Å²) in [5.41, 5.74) is 0.710. The zero-order valence-corrected chi connectivity index (χ0v) is 10.4. The molecule has 0 fully saturated rings. The molecule has 0 aliphatic rings. The minimum Gasteiger partial charge on any atom is -0.372 e. The summed E-state index contributed by atoms with van der Waals surface area (Å²) in [6, 6.07) is 0. The highest BCUT2D eigenvalue weighted by Crippen LogP contribution is 2.11. The van der Waals surface area contributed by atoms with E-state index in [4.69, 9.17) is 0 Å². The third kappa shape index (κ3) is 2.43. The molecule has 0 saturated carbocycles. The van der Waals surface area contributed by atoms with Gasteiger partial charge in [-0.15, -0.1) is 0 Å². The molecule has 0 amide bonds. The Hall–Kier alpha value is -1.32. The Morgan fingerprint density at radius 2 is 1.75 bits per heavy atom. The van der Waals surface area contributed by atoms with Crippen LogP contribution in [-0.4, -0.2) is 4.57 Å². The van der Waals surface area contributed by atoms with Gasteiger partial charge in [0.25, 0.3) is 0 Å². The first-order valence-corrected chi connectivity index (χ1v) is 5.72. The lowest BCUT2D eigenvalue weighted by atomic mass is 10.0. The van der Waals surface area contributed by atoms with Crippen molar-refractivity contribution in [2.24, 2.45) is 5.92 Å². The van der Waals surface area contributed by atoms with E-state index in [0.29, 0.717) is 23.7 Å². The van der Waals surface area contributed by atoms with Crippen LogP contribution in [0.5, 0.6) is 0 Å². The van der Waals surface area contributed by atoms with Gasteiger partial charge in [0, 0.05) is 12.2 Å². The Bertz CT molecular complexity index is 466. The first kappa shape index (κ1) is 12.7. The molecular formula is C12H19NO3. The Kier molecular flexibility index (Phi) is 4.10. The molecule has 4 nitrogen and oxygen atoms in total. The monoisotopic (exact) mass is 225 g/mol. The summed E-state index contributed by atoms with van der Waals surface area (Å²) in [7, 11) is 0. The first-order valence-electron chi connectivity index (χ1n) is 5.72. The third-order valence-corrected chi connectivity index (χ3v) is 3.25. The highest BCUT2D eigenvalue weighted by atomic mass is 16.4. The van der Waals surface area contributed by atoms with Crippen molar-refractivity contribution in [3.8, 4) is 0 Å². The predicted octanol–water partition coefficient (Wildman–Crippen LogP) is 1.85. The zero-order valence-electron chi connectivity index (χ0n) is 10.4. The lowest BCUT2D eigenvalue weighted by Gasteiger charge is -2.16. The normalized spacial score (nSPS) is 11.1. The number of hydrogen-bond donors (Lipinski definition) is 0. The van der Waals surface area contributed by atoms with Crippen molar-refractivity contribution in [2.45, 2.75) is 47.1 Å². The summed E-state index contributed by atoms with van der Waals surface area (Å²) in [6.45, 7) is 8.29. The summed E-state index contributed by atoms with van der Waals surface area (Å²) in [5.74, 6) is -0.0940. The smallest absolute Gasteiger partial charge is 0.372 e. The molecule has 0 bridgehead atoms. The van der Waals surface area contributed by atoms with Gasteiger partial charge in [0.05, 0.1) is 5.56 Å². The van der Waals surface area contributed by atoms with Crippen LogP contribution in [0.25, 0.3) is 0 Å². The van der Waals surface area contributed by atoms with E-state index >= 15 is 0 Å². The summed E-state index contributed by atoms with van der Waals surface area (Å²) < 4.78 is 6.23. The molecule has 0 atom stereocenters. The van der Waals surface area contributed by atoms with Gasteiger partial charge in [-0.2, -0.15) is 0 Å². The molecule has 0 radical (unpaired) electrons. The lowest BCUT2D eigenvalue weighted by molar-refractivity contribution is 0.339. The highest BCUT2D eigenvalue weighted by molar-refractivity contribution is 5.11. The molecule has 1 rings (SSSR count). The van der Waals surface area contributed by atoms with Crippen LogP contribution < -0.4 is 11.4 Å². The molecular weight excluding hydrogens is 206 g/mol. The molecule has 0 N–H and O–H groups in total. The van der Waals surface area contributed by atoms with Gasteiger partial charge in [-0.3, -0.25) is 4.57 Å². The summed E-state index contributed by atoms with van der Waals surface area (Å²) in [6.07, 6.45) is 2.03. The maximum Gasteiger partial charge on any atom is 0.422 e. The largest absolute Gasteiger partial charge is 0.422 e. The van der Waals surface area contributed by atoms with E-state index in [1.165, 1.54) is 0 Å². The second-order valence-corrected chi connectivity index (χ2v) is 4.16. The van der Waals surface area contributed by atoms with E-state index < -0.39 is 11.4 Å². The number of nitrogens with zero attached hydrogens (tertiary/aromatic N) is 1. The van der Waals surface area contributed by atoms with Gasteiger partial charge in [0.1, 0.15) is 0 Å². The minimum atomic E-state index is -0.542. The molecule has 90 valence electrons. The van der Waals surface area contributed by atoms with E-state index in [-0.39, 0.29) is 0 Å². The van der Waals surface area contributed by atoms with Crippen LogP contribution >= 0.6 is 0 Å².